The molecule has 0 N–H and O–H groups in total. The molecule has 0 bridgehead atoms. The Hall–Kier alpha value is -1.42. The standard InChI is InChI=1S/C17H20O3S/c1-9-5-11(10(2)21-9)12-6-15(19)20-14-8-17(3,4)7-13(18)16(12)14/h5,12H,6-8H2,1-4H3/t12-/m0/s1. The molecule has 0 amide bonds. The van der Waals surface area contributed by atoms with Gasteiger partial charge in [0.25, 0.3) is 0 Å². The summed E-state index contributed by atoms with van der Waals surface area (Å²) in [6.07, 6.45) is 1.47. The van der Waals surface area contributed by atoms with Gasteiger partial charge < -0.3 is 4.74 Å². The van der Waals surface area contributed by atoms with Gasteiger partial charge >= 0.3 is 5.97 Å². The Morgan fingerprint density at radius 1 is 1.24 bits per heavy atom. The van der Waals surface area contributed by atoms with E-state index in [1.807, 2.05) is 13.8 Å². The number of allylic oxidation sites excluding steroid dienone is 2. The molecule has 21 heavy (non-hydrogen) atoms. The van der Waals surface area contributed by atoms with Crippen molar-refractivity contribution in [3.8, 4) is 0 Å². The van der Waals surface area contributed by atoms with Gasteiger partial charge in [0.2, 0.25) is 0 Å². The fourth-order valence-corrected chi connectivity index (χ4v) is 4.46. The van der Waals surface area contributed by atoms with Crippen LogP contribution in [0.5, 0.6) is 0 Å². The van der Waals surface area contributed by atoms with E-state index < -0.39 is 0 Å². The molecule has 1 aliphatic carbocycles. The number of aryl methyl sites for hydroxylation is 2. The number of esters is 1. The molecule has 0 unspecified atom stereocenters. The fraction of sp³-hybridized carbons (Fsp3) is 0.529. The maximum atomic E-state index is 12.6. The first-order chi connectivity index (χ1) is 9.77. The average Bonchev–Trinajstić information content (AvgIpc) is 2.64. The summed E-state index contributed by atoms with van der Waals surface area (Å²) in [5.41, 5.74) is 1.74. The van der Waals surface area contributed by atoms with Crippen LogP contribution in [0.3, 0.4) is 0 Å². The number of hydrogen-bond acceptors (Lipinski definition) is 4. The zero-order valence-electron chi connectivity index (χ0n) is 12.9. The lowest BCUT2D eigenvalue weighted by atomic mass is 9.71. The first-order valence-corrected chi connectivity index (χ1v) is 8.12. The van der Waals surface area contributed by atoms with E-state index in [4.69, 9.17) is 4.74 Å². The molecule has 0 radical (unpaired) electrons. The number of carbonyl (C=O) groups is 2. The first kappa shape index (κ1) is 14.5. The summed E-state index contributed by atoms with van der Waals surface area (Å²) < 4.78 is 5.42. The number of thiophene rings is 1. The number of ether oxygens (including phenoxy) is 1. The smallest absolute Gasteiger partial charge is 0.311 e. The summed E-state index contributed by atoms with van der Waals surface area (Å²) in [7, 11) is 0. The van der Waals surface area contributed by atoms with Crippen LogP contribution in [-0.4, -0.2) is 11.8 Å². The molecule has 0 saturated heterocycles. The molecule has 2 heterocycles. The highest BCUT2D eigenvalue weighted by Gasteiger charge is 2.42. The first-order valence-electron chi connectivity index (χ1n) is 7.31. The molecule has 112 valence electrons. The Morgan fingerprint density at radius 3 is 2.57 bits per heavy atom. The van der Waals surface area contributed by atoms with Gasteiger partial charge in [0.15, 0.2) is 5.78 Å². The molecular formula is C17H20O3S. The van der Waals surface area contributed by atoms with E-state index in [1.165, 1.54) is 9.75 Å². The lowest BCUT2D eigenvalue weighted by Crippen LogP contribution is -2.33. The Bertz CT molecular complexity index is 664. The van der Waals surface area contributed by atoms with Gasteiger partial charge in [-0.05, 0) is 30.9 Å². The van der Waals surface area contributed by atoms with Crippen LogP contribution in [-0.2, 0) is 14.3 Å². The maximum absolute atomic E-state index is 12.6. The molecule has 1 aliphatic heterocycles. The molecule has 4 heteroatoms. The van der Waals surface area contributed by atoms with Gasteiger partial charge in [-0.3, -0.25) is 9.59 Å². The molecule has 0 aromatic carbocycles. The van der Waals surface area contributed by atoms with Gasteiger partial charge in [0, 0.05) is 34.1 Å². The maximum Gasteiger partial charge on any atom is 0.311 e. The van der Waals surface area contributed by atoms with Gasteiger partial charge in [-0.15, -0.1) is 11.3 Å². The van der Waals surface area contributed by atoms with Crippen LogP contribution in [0, 0.1) is 19.3 Å². The van der Waals surface area contributed by atoms with Crippen LogP contribution in [0.15, 0.2) is 17.4 Å². The quantitative estimate of drug-likeness (QED) is 0.735. The molecule has 3 rings (SSSR count). The Labute approximate surface area is 129 Å². The molecule has 0 fully saturated rings. The molecule has 1 aromatic rings. The number of ketones is 1. The van der Waals surface area contributed by atoms with Crippen LogP contribution in [0.25, 0.3) is 0 Å². The van der Waals surface area contributed by atoms with Crippen molar-refractivity contribution in [3.63, 3.8) is 0 Å². The third kappa shape index (κ3) is 2.57. The highest BCUT2D eigenvalue weighted by Crippen LogP contribution is 2.47. The van der Waals surface area contributed by atoms with Crippen LogP contribution in [0.4, 0.5) is 0 Å². The van der Waals surface area contributed by atoms with Gasteiger partial charge in [-0.25, -0.2) is 0 Å². The third-order valence-corrected chi connectivity index (χ3v) is 5.27. The van der Waals surface area contributed by atoms with Crippen LogP contribution >= 0.6 is 11.3 Å². The van der Waals surface area contributed by atoms with Crippen molar-refractivity contribution >= 4 is 23.1 Å². The second-order valence-electron chi connectivity index (χ2n) is 6.88. The number of rotatable bonds is 1. The zero-order valence-corrected chi connectivity index (χ0v) is 13.7. The van der Waals surface area contributed by atoms with Crippen LogP contribution < -0.4 is 0 Å². The lowest BCUT2D eigenvalue weighted by Gasteiger charge is -2.36. The van der Waals surface area contributed by atoms with E-state index in [0.29, 0.717) is 18.6 Å². The SMILES string of the molecule is Cc1cc([C@@H]2CC(=O)OC3=C2C(=O)CC(C)(C)C3)c(C)s1. The highest BCUT2D eigenvalue weighted by molar-refractivity contribution is 7.12. The van der Waals surface area contributed by atoms with Gasteiger partial charge in [-0.1, -0.05) is 13.8 Å². The zero-order chi connectivity index (χ0) is 15.4. The average molecular weight is 304 g/mol. The molecule has 2 aliphatic rings. The summed E-state index contributed by atoms with van der Waals surface area (Å²) in [4.78, 5) is 27.0. The van der Waals surface area contributed by atoms with E-state index in [0.717, 1.165) is 11.1 Å². The summed E-state index contributed by atoms with van der Waals surface area (Å²) >= 11 is 1.72. The predicted molar refractivity (Wildman–Crippen MR) is 82.3 cm³/mol. The minimum atomic E-state index is -0.215. The summed E-state index contributed by atoms with van der Waals surface area (Å²) in [6, 6.07) is 2.11. The summed E-state index contributed by atoms with van der Waals surface area (Å²) in [5.74, 6) is 0.421. The molecule has 1 aromatic heterocycles. The van der Waals surface area contributed by atoms with E-state index in [1.54, 1.807) is 11.3 Å². The van der Waals surface area contributed by atoms with Gasteiger partial charge in [-0.2, -0.15) is 0 Å². The van der Waals surface area contributed by atoms with Crippen molar-refractivity contribution in [3.05, 3.63) is 32.7 Å². The topological polar surface area (TPSA) is 43.4 Å². The highest BCUT2D eigenvalue weighted by atomic mass is 32.1. The molecular weight excluding hydrogens is 284 g/mol. The number of Topliss-reactive ketones (excluding diaryl/α,β-unsaturated/α-hetero) is 1. The molecule has 3 nitrogen and oxygen atoms in total. The van der Waals surface area contributed by atoms with E-state index in [2.05, 4.69) is 19.9 Å². The van der Waals surface area contributed by atoms with E-state index in [-0.39, 0.29) is 29.5 Å². The lowest BCUT2D eigenvalue weighted by molar-refractivity contribution is -0.142. The van der Waals surface area contributed by atoms with E-state index in [9.17, 15) is 9.59 Å². The minimum Gasteiger partial charge on any atom is -0.431 e. The largest absolute Gasteiger partial charge is 0.431 e. The summed E-state index contributed by atoms with van der Waals surface area (Å²) in [6.45, 7) is 8.21. The number of hydrogen-bond donors (Lipinski definition) is 0. The molecule has 0 spiro atoms. The van der Waals surface area contributed by atoms with Gasteiger partial charge in [0.1, 0.15) is 5.76 Å². The van der Waals surface area contributed by atoms with Crippen molar-refractivity contribution < 1.29 is 14.3 Å². The van der Waals surface area contributed by atoms with Crippen molar-refractivity contribution in [2.75, 3.05) is 0 Å². The third-order valence-electron chi connectivity index (χ3n) is 4.29. The minimum absolute atomic E-state index is 0.116. The summed E-state index contributed by atoms with van der Waals surface area (Å²) in [5, 5.41) is 0. The van der Waals surface area contributed by atoms with Crippen molar-refractivity contribution in [1.82, 2.24) is 0 Å². The van der Waals surface area contributed by atoms with Crippen molar-refractivity contribution in [2.45, 2.75) is 52.9 Å². The Kier molecular flexibility index (Phi) is 3.32. The van der Waals surface area contributed by atoms with Crippen LogP contribution in [0.2, 0.25) is 0 Å². The second-order valence-corrected chi connectivity index (χ2v) is 8.34. The predicted octanol–water partition coefficient (Wildman–Crippen LogP) is 4.04. The van der Waals surface area contributed by atoms with Crippen LogP contribution in [0.1, 0.15) is 54.3 Å². The monoisotopic (exact) mass is 304 g/mol. The molecule has 1 atom stereocenters. The van der Waals surface area contributed by atoms with Crippen molar-refractivity contribution in [2.24, 2.45) is 5.41 Å². The Balaban J connectivity index is 2.10. The second kappa shape index (κ2) is 4.80. The van der Waals surface area contributed by atoms with Gasteiger partial charge in [0.05, 0.1) is 6.42 Å². The van der Waals surface area contributed by atoms with Crippen molar-refractivity contribution in [1.29, 1.82) is 0 Å². The fourth-order valence-electron chi connectivity index (χ4n) is 3.47. The Morgan fingerprint density at radius 2 is 1.95 bits per heavy atom. The number of carbonyl (C=O) groups excluding carboxylic acids is 2. The molecule has 0 saturated carbocycles. The normalized spacial score (nSPS) is 24.9. The van der Waals surface area contributed by atoms with E-state index >= 15 is 0 Å².